The van der Waals surface area contributed by atoms with E-state index in [1.54, 1.807) is 19.2 Å². The van der Waals surface area contributed by atoms with Crippen LogP contribution in [0.1, 0.15) is 37.7 Å². The highest BCUT2D eigenvalue weighted by Gasteiger charge is 2.29. The van der Waals surface area contributed by atoms with Crippen molar-refractivity contribution in [2.45, 2.75) is 44.2 Å². The van der Waals surface area contributed by atoms with Crippen LogP contribution >= 0.6 is 11.6 Å². The van der Waals surface area contributed by atoms with Crippen molar-refractivity contribution < 1.29 is 14.6 Å². The summed E-state index contributed by atoms with van der Waals surface area (Å²) in [6.07, 6.45) is 4.69. The average molecular weight is 327 g/mol. The van der Waals surface area contributed by atoms with Crippen molar-refractivity contribution in [1.82, 2.24) is 10.6 Å². The number of hydrogen-bond donors (Lipinski definition) is 3. The summed E-state index contributed by atoms with van der Waals surface area (Å²) >= 11 is 5.90. The van der Waals surface area contributed by atoms with Gasteiger partial charge in [-0.2, -0.15) is 0 Å². The second-order valence-corrected chi connectivity index (χ2v) is 6.21. The summed E-state index contributed by atoms with van der Waals surface area (Å²) in [6, 6.07) is 4.98. The van der Waals surface area contributed by atoms with Crippen LogP contribution in [0.25, 0.3) is 0 Å². The van der Waals surface area contributed by atoms with Gasteiger partial charge < -0.3 is 20.5 Å². The lowest BCUT2D eigenvalue weighted by atomic mass is 9.85. The van der Waals surface area contributed by atoms with Crippen molar-refractivity contribution in [2.75, 3.05) is 13.7 Å². The summed E-state index contributed by atoms with van der Waals surface area (Å²) < 4.78 is 5.23. The Hall–Kier alpha value is -1.46. The minimum Gasteiger partial charge on any atom is -0.496 e. The molecule has 0 spiro atoms. The molecule has 122 valence electrons. The van der Waals surface area contributed by atoms with E-state index in [1.165, 1.54) is 0 Å². The van der Waals surface area contributed by atoms with Gasteiger partial charge in [0.25, 0.3) is 0 Å². The molecule has 22 heavy (non-hydrogen) atoms. The lowest BCUT2D eigenvalue weighted by Gasteiger charge is -2.32. The molecule has 1 aromatic carbocycles. The summed E-state index contributed by atoms with van der Waals surface area (Å²) in [5, 5.41) is 16.4. The normalized spacial score (nSPS) is 16.9. The summed E-state index contributed by atoms with van der Waals surface area (Å²) in [4.78, 5) is 11.9. The zero-order chi connectivity index (χ0) is 16.0. The Morgan fingerprint density at radius 3 is 2.73 bits per heavy atom. The van der Waals surface area contributed by atoms with Gasteiger partial charge in [0.2, 0.25) is 0 Å². The number of carbonyl (C=O) groups is 1. The first-order chi connectivity index (χ1) is 10.5. The Kier molecular flexibility index (Phi) is 5.91. The van der Waals surface area contributed by atoms with E-state index in [1.807, 2.05) is 6.07 Å². The Labute approximate surface area is 136 Å². The molecule has 0 aromatic heterocycles. The fourth-order valence-electron chi connectivity index (χ4n) is 2.73. The minimum absolute atomic E-state index is 0.288. The Balaban J connectivity index is 1.80. The molecule has 0 unspecified atom stereocenters. The molecular weight excluding hydrogens is 304 g/mol. The Morgan fingerprint density at radius 2 is 2.05 bits per heavy atom. The highest BCUT2D eigenvalue weighted by molar-refractivity contribution is 6.30. The van der Waals surface area contributed by atoms with E-state index in [9.17, 15) is 9.90 Å². The zero-order valence-electron chi connectivity index (χ0n) is 12.8. The number of urea groups is 1. The molecule has 1 aromatic rings. The van der Waals surface area contributed by atoms with Gasteiger partial charge in [-0.1, -0.05) is 36.9 Å². The van der Waals surface area contributed by atoms with Crippen LogP contribution in [0.5, 0.6) is 5.75 Å². The van der Waals surface area contributed by atoms with Crippen LogP contribution in [0, 0.1) is 0 Å². The molecule has 0 heterocycles. The number of methoxy groups -OCH3 is 1. The maximum absolute atomic E-state index is 11.9. The van der Waals surface area contributed by atoms with Gasteiger partial charge in [-0.15, -0.1) is 0 Å². The third-order valence-electron chi connectivity index (χ3n) is 4.05. The predicted molar refractivity (Wildman–Crippen MR) is 86.3 cm³/mol. The van der Waals surface area contributed by atoms with Crippen molar-refractivity contribution in [3.8, 4) is 5.75 Å². The molecule has 3 N–H and O–H groups in total. The van der Waals surface area contributed by atoms with Gasteiger partial charge >= 0.3 is 6.03 Å². The molecule has 0 aliphatic heterocycles. The van der Waals surface area contributed by atoms with Crippen LogP contribution in [0.15, 0.2) is 18.2 Å². The fraction of sp³-hybridized carbons (Fsp3) is 0.562. The van der Waals surface area contributed by atoms with Crippen LogP contribution in [-0.4, -0.2) is 30.4 Å². The molecule has 0 saturated heterocycles. The molecule has 6 heteroatoms. The first-order valence-corrected chi connectivity index (χ1v) is 7.97. The van der Waals surface area contributed by atoms with Crippen LogP contribution < -0.4 is 15.4 Å². The van der Waals surface area contributed by atoms with Crippen LogP contribution in [0.2, 0.25) is 5.02 Å². The smallest absolute Gasteiger partial charge is 0.315 e. The molecular formula is C16H23ClN2O3. The van der Waals surface area contributed by atoms with E-state index in [4.69, 9.17) is 16.3 Å². The van der Waals surface area contributed by atoms with Gasteiger partial charge in [0, 0.05) is 23.7 Å². The molecule has 0 radical (unpaired) electrons. The number of hydrogen-bond acceptors (Lipinski definition) is 3. The van der Waals surface area contributed by atoms with E-state index < -0.39 is 5.60 Å². The van der Waals surface area contributed by atoms with Crippen molar-refractivity contribution in [3.63, 3.8) is 0 Å². The number of nitrogens with one attached hydrogen (secondary N) is 2. The first kappa shape index (κ1) is 16.9. The predicted octanol–water partition coefficient (Wildman–Crippen LogP) is 2.84. The van der Waals surface area contributed by atoms with Crippen LogP contribution in [0.3, 0.4) is 0 Å². The number of benzene rings is 1. The van der Waals surface area contributed by atoms with Crippen LogP contribution in [0.4, 0.5) is 4.79 Å². The maximum Gasteiger partial charge on any atom is 0.315 e. The number of amides is 2. The van der Waals surface area contributed by atoms with Gasteiger partial charge in [0.05, 0.1) is 12.7 Å². The number of ether oxygens (including phenoxy) is 1. The molecule has 1 saturated carbocycles. The second kappa shape index (κ2) is 7.70. The molecule has 1 fully saturated rings. The van der Waals surface area contributed by atoms with Gasteiger partial charge in [-0.25, -0.2) is 4.79 Å². The Morgan fingerprint density at radius 1 is 1.32 bits per heavy atom. The maximum atomic E-state index is 11.9. The third-order valence-corrected chi connectivity index (χ3v) is 4.29. The number of rotatable bonds is 5. The largest absolute Gasteiger partial charge is 0.496 e. The molecule has 5 nitrogen and oxygen atoms in total. The molecule has 1 aliphatic rings. The quantitative estimate of drug-likeness (QED) is 0.779. The van der Waals surface area contributed by atoms with Crippen molar-refractivity contribution >= 4 is 17.6 Å². The lowest BCUT2D eigenvalue weighted by molar-refractivity contribution is 0.00719. The Bertz CT molecular complexity index is 516. The van der Waals surface area contributed by atoms with E-state index in [0.29, 0.717) is 17.3 Å². The molecule has 0 atom stereocenters. The molecule has 2 amide bonds. The SMILES string of the molecule is COc1cc(Cl)ccc1CNC(=O)NCC1(O)CCCCC1. The average Bonchev–Trinajstić information content (AvgIpc) is 2.52. The van der Waals surface area contributed by atoms with Gasteiger partial charge in [-0.3, -0.25) is 0 Å². The van der Waals surface area contributed by atoms with Gasteiger partial charge in [-0.05, 0) is 25.0 Å². The van der Waals surface area contributed by atoms with E-state index in [0.717, 1.165) is 37.7 Å². The summed E-state index contributed by atoms with van der Waals surface area (Å²) in [7, 11) is 1.56. The number of halogens is 1. The van der Waals surface area contributed by atoms with Crippen molar-refractivity contribution in [2.24, 2.45) is 0 Å². The van der Waals surface area contributed by atoms with E-state index in [2.05, 4.69) is 10.6 Å². The summed E-state index contributed by atoms with van der Waals surface area (Å²) in [5.74, 6) is 0.638. The lowest BCUT2D eigenvalue weighted by Crippen LogP contribution is -2.47. The number of aliphatic hydroxyl groups is 1. The highest BCUT2D eigenvalue weighted by atomic mass is 35.5. The standard InChI is InChI=1S/C16H23ClN2O3/c1-22-14-9-13(17)6-5-12(14)10-18-15(20)19-11-16(21)7-3-2-4-8-16/h5-6,9,21H,2-4,7-8,10-11H2,1H3,(H2,18,19,20). The molecule has 2 rings (SSSR count). The van der Waals surface area contributed by atoms with Gasteiger partial charge in [0.1, 0.15) is 5.75 Å². The van der Waals surface area contributed by atoms with Crippen molar-refractivity contribution in [1.29, 1.82) is 0 Å². The summed E-state index contributed by atoms with van der Waals surface area (Å²) in [6.45, 7) is 0.626. The zero-order valence-corrected chi connectivity index (χ0v) is 13.6. The fourth-order valence-corrected chi connectivity index (χ4v) is 2.90. The molecule has 0 bridgehead atoms. The monoisotopic (exact) mass is 326 g/mol. The molecule has 1 aliphatic carbocycles. The number of carbonyl (C=O) groups excluding carboxylic acids is 1. The van der Waals surface area contributed by atoms with E-state index in [-0.39, 0.29) is 12.6 Å². The van der Waals surface area contributed by atoms with E-state index >= 15 is 0 Å². The van der Waals surface area contributed by atoms with Crippen LogP contribution in [-0.2, 0) is 6.54 Å². The van der Waals surface area contributed by atoms with Gasteiger partial charge in [0.15, 0.2) is 0 Å². The minimum atomic E-state index is -0.756. The van der Waals surface area contributed by atoms with Crippen molar-refractivity contribution in [3.05, 3.63) is 28.8 Å². The third kappa shape index (κ3) is 4.78. The topological polar surface area (TPSA) is 70.6 Å². The summed E-state index contributed by atoms with van der Waals surface area (Å²) in [5.41, 5.74) is 0.0894. The second-order valence-electron chi connectivity index (χ2n) is 5.78. The highest BCUT2D eigenvalue weighted by Crippen LogP contribution is 2.27. The first-order valence-electron chi connectivity index (χ1n) is 7.59.